The molecule has 0 aliphatic carbocycles. The van der Waals surface area contributed by atoms with Gasteiger partial charge in [0.15, 0.2) is 0 Å². The number of hydrogen-bond donors (Lipinski definition) is 1. The summed E-state index contributed by atoms with van der Waals surface area (Å²) in [5, 5.41) is 8.06. The SMILES string of the molecule is CCCN1CCC(NCc2ccsc2)CC1. The number of piperidine rings is 1. The molecule has 0 amide bonds. The molecule has 1 aromatic rings. The molecular formula is C13H22N2S. The van der Waals surface area contributed by atoms with E-state index in [1.54, 1.807) is 11.3 Å². The van der Waals surface area contributed by atoms with Gasteiger partial charge >= 0.3 is 0 Å². The van der Waals surface area contributed by atoms with Crippen molar-refractivity contribution in [1.29, 1.82) is 0 Å². The molecule has 1 aliphatic heterocycles. The van der Waals surface area contributed by atoms with Gasteiger partial charge in [-0.05, 0) is 61.3 Å². The number of nitrogens with zero attached hydrogens (tertiary/aromatic N) is 1. The maximum absolute atomic E-state index is 3.67. The highest BCUT2D eigenvalue weighted by molar-refractivity contribution is 7.07. The van der Waals surface area contributed by atoms with Crippen molar-refractivity contribution in [3.63, 3.8) is 0 Å². The van der Waals surface area contributed by atoms with Gasteiger partial charge in [-0.25, -0.2) is 0 Å². The normalized spacial score (nSPS) is 19.1. The van der Waals surface area contributed by atoms with E-state index < -0.39 is 0 Å². The second kappa shape index (κ2) is 6.38. The Bertz CT molecular complexity index is 276. The largest absolute Gasteiger partial charge is 0.310 e. The predicted molar refractivity (Wildman–Crippen MR) is 70.9 cm³/mol. The van der Waals surface area contributed by atoms with Gasteiger partial charge in [0.1, 0.15) is 0 Å². The summed E-state index contributed by atoms with van der Waals surface area (Å²) in [6.07, 6.45) is 3.90. The van der Waals surface area contributed by atoms with E-state index >= 15 is 0 Å². The molecule has 0 unspecified atom stereocenters. The number of hydrogen-bond acceptors (Lipinski definition) is 3. The Labute approximate surface area is 103 Å². The zero-order chi connectivity index (χ0) is 11.2. The van der Waals surface area contributed by atoms with Crippen LogP contribution in [-0.4, -0.2) is 30.6 Å². The lowest BCUT2D eigenvalue weighted by Crippen LogP contribution is -2.42. The smallest absolute Gasteiger partial charge is 0.0216 e. The lowest BCUT2D eigenvalue weighted by Gasteiger charge is -2.32. The monoisotopic (exact) mass is 238 g/mol. The summed E-state index contributed by atoms with van der Waals surface area (Å²) in [6, 6.07) is 2.94. The quantitative estimate of drug-likeness (QED) is 0.848. The number of thiophene rings is 1. The van der Waals surface area contributed by atoms with Gasteiger partial charge in [0.25, 0.3) is 0 Å². The molecule has 90 valence electrons. The highest BCUT2D eigenvalue weighted by Gasteiger charge is 2.17. The standard InChI is InChI=1S/C13H22N2S/c1-2-6-15-7-3-13(4-8-15)14-10-12-5-9-16-11-12/h5,9,11,13-14H,2-4,6-8,10H2,1H3. The van der Waals surface area contributed by atoms with E-state index in [9.17, 15) is 0 Å². The molecule has 2 heterocycles. The van der Waals surface area contributed by atoms with Crippen LogP contribution in [0.15, 0.2) is 16.8 Å². The van der Waals surface area contributed by atoms with E-state index in [0.717, 1.165) is 12.6 Å². The number of rotatable bonds is 5. The molecule has 1 aliphatic rings. The van der Waals surface area contributed by atoms with E-state index in [-0.39, 0.29) is 0 Å². The van der Waals surface area contributed by atoms with Crippen LogP contribution in [0.4, 0.5) is 0 Å². The summed E-state index contributed by atoms with van der Waals surface area (Å²) in [6.45, 7) is 7.13. The van der Waals surface area contributed by atoms with Crippen LogP contribution in [0, 0.1) is 0 Å². The van der Waals surface area contributed by atoms with E-state index in [1.807, 2.05) is 0 Å². The molecular weight excluding hydrogens is 216 g/mol. The molecule has 2 nitrogen and oxygen atoms in total. The number of likely N-dealkylation sites (tertiary alicyclic amines) is 1. The second-order valence-electron chi connectivity index (χ2n) is 4.63. The van der Waals surface area contributed by atoms with Crippen LogP contribution >= 0.6 is 11.3 Å². The predicted octanol–water partition coefficient (Wildman–Crippen LogP) is 2.71. The van der Waals surface area contributed by atoms with Crippen molar-refractivity contribution in [3.05, 3.63) is 22.4 Å². The van der Waals surface area contributed by atoms with Crippen molar-refractivity contribution in [2.45, 2.75) is 38.8 Å². The molecule has 0 atom stereocenters. The molecule has 2 rings (SSSR count). The molecule has 0 aromatic carbocycles. The third-order valence-corrected chi connectivity index (χ3v) is 4.03. The van der Waals surface area contributed by atoms with Gasteiger partial charge in [0.2, 0.25) is 0 Å². The van der Waals surface area contributed by atoms with E-state index in [2.05, 4.69) is 34.0 Å². The first-order valence-electron chi connectivity index (χ1n) is 6.35. The van der Waals surface area contributed by atoms with Gasteiger partial charge in [-0.2, -0.15) is 11.3 Å². The fourth-order valence-electron chi connectivity index (χ4n) is 2.33. The zero-order valence-corrected chi connectivity index (χ0v) is 10.9. The molecule has 0 radical (unpaired) electrons. The van der Waals surface area contributed by atoms with Gasteiger partial charge in [-0.3, -0.25) is 0 Å². The van der Waals surface area contributed by atoms with Crippen LogP contribution in [0.3, 0.4) is 0 Å². The molecule has 1 fully saturated rings. The minimum absolute atomic E-state index is 0.730. The van der Waals surface area contributed by atoms with E-state index in [1.165, 1.54) is 44.5 Å². The van der Waals surface area contributed by atoms with Crippen LogP contribution in [-0.2, 0) is 6.54 Å². The molecule has 3 heteroatoms. The van der Waals surface area contributed by atoms with Crippen LogP contribution < -0.4 is 5.32 Å². The minimum atomic E-state index is 0.730. The summed E-state index contributed by atoms with van der Waals surface area (Å²) in [5.74, 6) is 0. The third kappa shape index (κ3) is 3.58. The minimum Gasteiger partial charge on any atom is -0.310 e. The topological polar surface area (TPSA) is 15.3 Å². The highest BCUT2D eigenvalue weighted by Crippen LogP contribution is 2.12. The molecule has 1 N–H and O–H groups in total. The zero-order valence-electron chi connectivity index (χ0n) is 10.1. The molecule has 1 saturated heterocycles. The summed E-state index contributed by atoms with van der Waals surface area (Å²) in [4.78, 5) is 2.59. The fraction of sp³-hybridized carbons (Fsp3) is 0.692. The van der Waals surface area contributed by atoms with Crippen LogP contribution in [0.5, 0.6) is 0 Å². The van der Waals surface area contributed by atoms with Crippen molar-refractivity contribution in [3.8, 4) is 0 Å². The maximum atomic E-state index is 3.67. The Morgan fingerprint density at radius 3 is 2.88 bits per heavy atom. The van der Waals surface area contributed by atoms with Gasteiger partial charge in [0, 0.05) is 12.6 Å². The lowest BCUT2D eigenvalue weighted by atomic mass is 10.0. The molecule has 16 heavy (non-hydrogen) atoms. The van der Waals surface area contributed by atoms with Crippen LogP contribution in [0.25, 0.3) is 0 Å². The highest BCUT2D eigenvalue weighted by atomic mass is 32.1. The fourth-order valence-corrected chi connectivity index (χ4v) is 3.00. The molecule has 1 aromatic heterocycles. The molecule has 0 saturated carbocycles. The maximum Gasteiger partial charge on any atom is 0.0216 e. The van der Waals surface area contributed by atoms with Crippen molar-refractivity contribution in [2.75, 3.05) is 19.6 Å². The van der Waals surface area contributed by atoms with Crippen molar-refractivity contribution >= 4 is 11.3 Å². The van der Waals surface area contributed by atoms with Gasteiger partial charge < -0.3 is 10.2 Å². The van der Waals surface area contributed by atoms with Gasteiger partial charge in [-0.15, -0.1) is 0 Å². The first kappa shape index (κ1) is 12.1. The Balaban J connectivity index is 1.65. The first-order chi connectivity index (χ1) is 7.88. The van der Waals surface area contributed by atoms with Crippen molar-refractivity contribution < 1.29 is 0 Å². The average molecular weight is 238 g/mol. The van der Waals surface area contributed by atoms with E-state index in [0.29, 0.717) is 0 Å². The lowest BCUT2D eigenvalue weighted by molar-refractivity contribution is 0.197. The van der Waals surface area contributed by atoms with Gasteiger partial charge in [0.05, 0.1) is 0 Å². The first-order valence-corrected chi connectivity index (χ1v) is 7.29. The second-order valence-corrected chi connectivity index (χ2v) is 5.41. The molecule has 0 bridgehead atoms. The van der Waals surface area contributed by atoms with Gasteiger partial charge in [-0.1, -0.05) is 6.92 Å². The van der Waals surface area contributed by atoms with Crippen molar-refractivity contribution in [1.82, 2.24) is 10.2 Å². The Hall–Kier alpha value is -0.380. The molecule has 0 spiro atoms. The number of nitrogens with one attached hydrogen (secondary N) is 1. The van der Waals surface area contributed by atoms with Crippen LogP contribution in [0.2, 0.25) is 0 Å². The third-order valence-electron chi connectivity index (χ3n) is 3.30. The Morgan fingerprint density at radius 1 is 1.44 bits per heavy atom. The Morgan fingerprint density at radius 2 is 2.25 bits per heavy atom. The summed E-state index contributed by atoms with van der Waals surface area (Å²) in [5.41, 5.74) is 1.43. The van der Waals surface area contributed by atoms with Crippen molar-refractivity contribution in [2.24, 2.45) is 0 Å². The summed E-state index contributed by atoms with van der Waals surface area (Å²) in [7, 11) is 0. The summed E-state index contributed by atoms with van der Waals surface area (Å²) < 4.78 is 0. The van der Waals surface area contributed by atoms with Crippen LogP contribution in [0.1, 0.15) is 31.7 Å². The Kier molecular flexibility index (Phi) is 4.82. The van der Waals surface area contributed by atoms with E-state index in [4.69, 9.17) is 0 Å². The summed E-state index contributed by atoms with van der Waals surface area (Å²) >= 11 is 1.78. The average Bonchev–Trinajstić information content (AvgIpc) is 2.82.